The maximum atomic E-state index is 13.6. The van der Waals surface area contributed by atoms with E-state index in [9.17, 15) is 14.3 Å². The van der Waals surface area contributed by atoms with Crippen LogP contribution in [-0.4, -0.2) is 5.11 Å². The first-order chi connectivity index (χ1) is 12.6. The third-order valence-corrected chi connectivity index (χ3v) is 4.34. The van der Waals surface area contributed by atoms with Crippen molar-refractivity contribution in [2.45, 2.75) is 6.42 Å². The smallest absolute Gasteiger partial charge is 0.196 e. The van der Waals surface area contributed by atoms with Crippen LogP contribution in [0.5, 0.6) is 5.75 Å². The molecular weight excluding hydrogens is 331 g/mol. The minimum Gasteiger partial charge on any atom is -0.508 e. The molecule has 26 heavy (non-hydrogen) atoms. The van der Waals surface area contributed by atoms with Gasteiger partial charge in [-0.15, -0.1) is 0 Å². The molecule has 1 heterocycles. The van der Waals surface area contributed by atoms with Gasteiger partial charge in [-0.2, -0.15) is 0 Å². The van der Waals surface area contributed by atoms with Crippen molar-refractivity contribution in [1.82, 2.24) is 0 Å². The number of benzene rings is 3. The second-order valence-electron chi connectivity index (χ2n) is 6.05. The Labute approximate surface area is 149 Å². The standard InChI is InChI=1S/C22H15FO3/c23-16-10-11-19(24)15(12-16)13-18-21(25)17-8-4-5-9-20(17)26-22(18)14-6-2-1-3-7-14/h1-12,24H,13H2. The highest BCUT2D eigenvalue weighted by molar-refractivity contribution is 5.80. The molecule has 3 nitrogen and oxygen atoms in total. The highest BCUT2D eigenvalue weighted by Crippen LogP contribution is 2.29. The first-order valence-electron chi connectivity index (χ1n) is 8.21. The third kappa shape index (κ3) is 2.86. The lowest BCUT2D eigenvalue weighted by Crippen LogP contribution is -2.12. The quantitative estimate of drug-likeness (QED) is 0.574. The maximum Gasteiger partial charge on any atom is 0.196 e. The van der Waals surface area contributed by atoms with E-state index in [4.69, 9.17) is 4.42 Å². The van der Waals surface area contributed by atoms with Crippen molar-refractivity contribution in [2.75, 3.05) is 0 Å². The lowest BCUT2D eigenvalue weighted by Gasteiger charge is -2.11. The second kappa shape index (κ2) is 6.48. The van der Waals surface area contributed by atoms with E-state index < -0.39 is 5.82 Å². The van der Waals surface area contributed by atoms with Gasteiger partial charge in [0.15, 0.2) is 5.43 Å². The summed E-state index contributed by atoms with van der Waals surface area (Å²) in [5.74, 6) is -0.0971. The predicted molar refractivity (Wildman–Crippen MR) is 98.8 cm³/mol. The van der Waals surface area contributed by atoms with Gasteiger partial charge in [0.25, 0.3) is 0 Å². The van der Waals surface area contributed by atoms with E-state index in [-0.39, 0.29) is 17.6 Å². The Kier molecular flexibility index (Phi) is 4.01. The first kappa shape index (κ1) is 16.1. The van der Waals surface area contributed by atoms with E-state index in [2.05, 4.69) is 0 Å². The molecular formula is C22H15FO3. The molecule has 4 aromatic rings. The minimum absolute atomic E-state index is 0.0574. The van der Waals surface area contributed by atoms with Gasteiger partial charge in [0.2, 0.25) is 0 Å². The number of fused-ring (bicyclic) bond motifs is 1. The Morgan fingerprint density at radius 3 is 2.46 bits per heavy atom. The number of para-hydroxylation sites is 1. The fourth-order valence-electron chi connectivity index (χ4n) is 3.05. The molecule has 128 valence electrons. The lowest BCUT2D eigenvalue weighted by molar-refractivity contribution is 0.466. The van der Waals surface area contributed by atoms with E-state index in [0.717, 1.165) is 5.56 Å². The number of phenols is 1. The molecule has 4 heteroatoms. The number of rotatable bonds is 3. The largest absolute Gasteiger partial charge is 0.508 e. The van der Waals surface area contributed by atoms with E-state index in [1.54, 1.807) is 24.3 Å². The Hall–Kier alpha value is -3.40. The summed E-state index contributed by atoms with van der Waals surface area (Å²) in [5.41, 5.74) is 1.78. The summed E-state index contributed by atoms with van der Waals surface area (Å²) in [6.07, 6.45) is 0.0704. The zero-order valence-electron chi connectivity index (χ0n) is 13.8. The van der Waals surface area contributed by atoms with Gasteiger partial charge in [0, 0.05) is 23.1 Å². The first-order valence-corrected chi connectivity index (χ1v) is 8.21. The van der Waals surface area contributed by atoms with Gasteiger partial charge in [0.1, 0.15) is 22.9 Å². The van der Waals surface area contributed by atoms with Crippen LogP contribution < -0.4 is 5.43 Å². The monoisotopic (exact) mass is 346 g/mol. The van der Waals surface area contributed by atoms with E-state index >= 15 is 0 Å². The summed E-state index contributed by atoms with van der Waals surface area (Å²) in [6, 6.07) is 20.0. The molecule has 1 N–H and O–H groups in total. The van der Waals surface area contributed by atoms with Gasteiger partial charge in [-0.3, -0.25) is 4.79 Å². The summed E-state index contributed by atoms with van der Waals surface area (Å²) in [5, 5.41) is 10.5. The Morgan fingerprint density at radius 2 is 1.65 bits per heavy atom. The van der Waals surface area contributed by atoms with E-state index in [1.807, 2.05) is 30.3 Å². The van der Waals surface area contributed by atoms with Crippen molar-refractivity contribution in [3.8, 4) is 17.1 Å². The normalized spacial score (nSPS) is 11.0. The molecule has 1 aromatic heterocycles. The molecule has 0 radical (unpaired) electrons. The Balaban J connectivity index is 1.98. The van der Waals surface area contributed by atoms with Crippen LogP contribution in [0.3, 0.4) is 0 Å². The van der Waals surface area contributed by atoms with Gasteiger partial charge in [-0.05, 0) is 30.3 Å². The SMILES string of the molecule is O=c1c(Cc2cc(F)ccc2O)c(-c2ccccc2)oc2ccccc12. The molecule has 0 atom stereocenters. The molecule has 0 aliphatic carbocycles. The number of aromatic hydroxyl groups is 1. The molecule has 0 saturated carbocycles. The van der Waals surface area contributed by atoms with Gasteiger partial charge >= 0.3 is 0 Å². The van der Waals surface area contributed by atoms with Crippen molar-refractivity contribution in [1.29, 1.82) is 0 Å². The van der Waals surface area contributed by atoms with Crippen LogP contribution in [-0.2, 0) is 6.42 Å². The molecule has 0 unspecified atom stereocenters. The fourth-order valence-corrected chi connectivity index (χ4v) is 3.05. The molecule has 4 rings (SSSR count). The molecule has 0 spiro atoms. The fraction of sp³-hybridized carbons (Fsp3) is 0.0455. The highest BCUT2D eigenvalue weighted by Gasteiger charge is 2.18. The third-order valence-electron chi connectivity index (χ3n) is 4.34. The van der Waals surface area contributed by atoms with Crippen LogP contribution in [0.2, 0.25) is 0 Å². The van der Waals surface area contributed by atoms with Gasteiger partial charge in [-0.25, -0.2) is 4.39 Å². The molecule has 3 aromatic carbocycles. The van der Waals surface area contributed by atoms with Crippen molar-refractivity contribution in [2.24, 2.45) is 0 Å². The number of hydrogen-bond donors (Lipinski definition) is 1. The summed E-state index contributed by atoms with van der Waals surface area (Å²) < 4.78 is 19.6. The molecule has 0 aliphatic rings. The second-order valence-corrected chi connectivity index (χ2v) is 6.05. The van der Waals surface area contributed by atoms with Gasteiger partial charge in [0.05, 0.1) is 5.39 Å². The number of phenolic OH excluding ortho intramolecular Hbond substituents is 1. The van der Waals surface area contributed by atoms with Crippen LogP contribution >= 0.6 is 0 Å². The molecule has 0 bridgehead atoms. The summed E-state index contributed by atoms with van der Waals surface area (Å²) in [4.78, 5) is 13.1. The van der Waals surface area contributed by atoms with Gasteiger partial charge in [-0.1, -0.05) is 42.5 Å². The maximum absolute atomic E-state index is 13.6. The van der Waals surface area contributed by atoms with Gasteiger partial charge < -0.3 is 9.52 Å². The van der Waals surface area contributed by atoms with Crippen LogP contribution in [0.15, 0.2) is 82.0 Å². The Bertz CT molecular complexity index is 1150. The topological polar surface area (TPSA) is 50.4 Å². The lowest BCUT2D eigenvalue weighted by atomic mass is 9.98. The number of halogens is 1. The minimum atomic E-state index is -0.468. The van der Waals surface area contributed by atoms with Crippen LogP contribution in [0, 0.1) is 5.82 Å². The average molecular weight is 346 g/mol. The van der Waals surface area contributed by atoms with Crippen molar-refractivity contribution < 1.29 is 13.9 Å². The van der Waals surface area contributed by atoms with Crippen LogP contribution in [0.1, 0.15) is 11.1 Å². The molecule has 0 fully saturated rings. The highest BCUT2D eigenvalue weighted by atomic mass is 19.1. The van der Waals surface area contributed by atoms with Crippen LogP contribution in [0.25, 0.3) is 22.3 Å². The van der Waals surface area contributed by atoms with Crippen LogP contribution in [0.4, 0.5) is 4.39 Å². The number of hydrogen-bond acceptors (Lipinski definition) is 3. The zero-order chi connectivity index (χ0) is 18.1. The summed E-state index contributed by atoms with van der Waals surface area (Å²) in [7, 11) is 0. The molecule has 0 amide bonds. The van der Waals surface area contributed by atoms with Crippen molar-refractivity contribution >= 4 is 11.0 Å². The van der Waals surface area contributed by atoms with Crippen molar-refractivity contribution in [3.05, 3.63) is 100.0 Å². The Morgan fingerprint density at radius 1 is 0.923 bits per heavy atom. The van der Waals surface area contributed by atoms with E-state index in [0.29, 0.717) is 27.9 Å². The average Bonchev–Trinajstić information content (AvgIpc) is 2.67. The predicted octanol–water partition coefficient (Wildman–Crippen LogP) is 4.90. The molecule has 0 aliphatic heterocycles. The zero-order valence-corrected chi connectivity index (χ0v) is 13.8. The van der Waals surface area contributed by atoms with E-state index in [1.165, 1.54) is 18.2 Å². The molecule has 0 saturated heterocycles. The summed E-state index contributed by atoms with van der Waals surface area (Å²) >= 11 is 0. The van der Waals surface area contributed by atoms with Crippen molar-refractivity contribution in [3.63, 3.8) is 0 Å². The summed E-state index contributed by atoms with van der Waals surface area (Å²) in [6.45, 7) is 0.